The molecule has 1 aliphatic heterocycles. The van der Waals surface area contributed by atoms with E-state index >= 15 is 0 Å². The number of ether oxygens (including phenoxy) is 1. The van der Waals surface area contributed by atoms with Crippen molar-refractivity contribution in [3.8, 4) is 0 Å². The molecule has 1 aliphatic rings. The lowest BCUT2D eigenvalue weighted by Crippen LogP contribution is -2.50. The van der Waals surface area contributed by atoms with Crippen molar-refractivity contribution in [3.63, 3.8) is 0 Å². The molecule has 0 spiro atoms. The van der Waals surface area contributed by atoms with E-state index in [9.17, 15) is 0 Å². The van der Waals surface area contributed by atoms with Gasteiger partial charge >= 0.3 is 0 Å². The molecule has 0 aliphatic carbocycles. The first kappa shape index (κ1) is 7.57. The number of nitrogens with zero attached hydrogens (tertiary/aromatic N) is 1. The Hall–Kier alpha value is -0.540. The topological polar surface area (TPSA) is 32.7 Å². The maximum Gasteiger partial charge on any atom is 0.0889 e. The first-order chi connectivity index (χ1) is 4.74. The van der Waals surface area contributed by atoms with Gasteiger partial charge in [-0.25, -0.2) is 0 Å². The second-order valence-electron chi connectivity index (χ2n) is 2.56. The van der Waals surface area contributed by atoms with E-state index in [-0.39, 0.29) is 6.10 Å². The van der Waals surface area contributed by atoms with Crippen LogP contribution >= 0.6 is 0 Å². The van der Waals surface area contributed by atoms with Gasteiger partial charge in [0.2, 0.25) is 0 Å². The van der Waals surface area contributed by atoms with Gasteiger partial charge in [0.15, 0.2) is 0 Å². The molecule has 3 nitrogen and oxygen atoms in total. The fraction of sp³-hybridized carbons (Fsp3) is 0.714. The molecule has 1 rings (SSSR count). The molecule has 1 fully saturated rings. The van der Waals surface area contributed by atoms with Gasteiger partial charge in [-0.3, -0.25) is 0 Å². The van der Waals surface area contributed by atoms with Gasteiger partial charge in [-0.05, 0) is 0 Å². The zero-order valence-electron chi connectivity index (χ0n) is 6.21. The fourth-order valence-electron chi connectivity index (χ4n) is 0.971. The van der Waals surface area contributed by atoms with E-state index in [0.29, 0.717) is 19.7 Å². The van der Waals surface area contributed by atoms with E-state index in [0.717, 1.165) is 5.70 Å². The highest BCUT2D eigenvalue weighted by atomic mass is 16.5. The highest BCUT2D eigenvalue weighted by Gasteiger charge is 2.24. The second kappa shape index (κ2) is 3.03. The van der Waals surface area contributed by atoms with Gasteiger partial charge < -0.3 is 14.7 Å². The summed E-state index contributed by atoms with van der Waals surface area (Å²) in [5.74, 6) is 0. The maximum absolute atomic E-state index is 8.91. The standard InChI is InChI=1S/C7H13NO2/c1-6(5-10-2)8-3-7(9)4-8/h7,9H,1,3-5H2,2H3. The van der Waals surface area contributed by atoms with Gasteiger partial charge in [-0.1, -0.05) is 6.58 Å². The molecule has 3 heteroatoms. The molecule has 1 saturated heterocycles. The molecule has 1 heterocycles. The molecule has 10 heavy (non-hydrogen) atoms. The summed E-state index contributed by atoms with van der Waals surface area (Å²) in [5, 5.41) is 8.91. The Balaban J connectivity index is 2.18. The van der Waals surface area contributed by atoms with Crippen molar-refractivity contribution in [2.75, 3.05) is 26.8 Å². The molecule has 0 radical (unpaired) electrons. The largest absolute Gasteiger partial charge is 0.389 e. The maximum atomic E-state index is 8.91. The Labute approximate surface area is 60.9 Å². The molecule has 0 amide bonds. The van der Waals surface area contributed by atoms with Crippen LogP contribution in [-0.4, -0.2) is 42.9 Å². The normalized spacial score (nSPS) is 18.8. The van der Waals surface area contributed by atoms with Gasteiger partial charge in [-0.15, -0.1) is 0 Å². The zero-order valence-corrected chi connectivity index (χ0v) is 6.21. The molecule has 58 valence electrons. The Morgan fingerprint density at radius 1 is 1.80 bits per heavy atom. The highest BCUT2D eigenvalue weighted by Crippen LogP contribution is 2.13. The summed E-state index contributed by atoms with van der Waals surface area (Å²) in [7, 11) is 1.64. The summed E-state index contributed by atoms with van der Waals surface area (Å²) in [6.45, 7) is 5.77. The van der Waals surface area contributed by atoms with Crippen molar-refractivity contribution in [3.05, 3.63) is 12.3 Å². The van der Waals surface area contributed by atoms with Gasteiger partial charge in [0.25, 0.3) is 0 Å². The summed E-state index contributed by atoms with van der Waals surface area (Å²) in [4.78, 5) is 2.01. The van der Waals surface area contributed by atoms with E-state index in [1.165, 1.54) is 0 Å². The Morgan fingerprint density at radius 3 is 2.80 bits per heavy atom. The third-order valence-electron chi connectivity index (χ3n) is 1.62. The third-order valence-corrected chi connectivity index (χ3v) is 1.62. The molecule has 0 saturated carbocycles. The molecule has 0 unspecified atom stereocenters. The highest BCUT2D eigenvalue weighted by molar-refractivity contribution is 5.00. The number of rotatable bonds is 3. The molecule has 0 aromatic heterocycles. The number of likely N-dealkylation sites (tertiary alicyclic amines) is 1. The van der Waals surface area contributed by atoms with Crippen LogP contribution in [0.1, 0.15) is 0 Å². The number of β-amino-alcohol motifs (C(OH)–C–C–N with tert-alkyl or cyclic N) is 1. The van der Waals surface area contributed by atoms with Crippen molar-refractivity contribution in [1.82, 2.24) is 4.90 Å². The monoisotopic (exact) mass is 143 g/mol. The van der Waals surface area contributed by atoms with Crippen LogP contribution in [0.3, 0.4) is 0 Å². The second-order valence-corrected chi connectivity index (χ2v) is 2.56. The van der Waals surface area contributed by atoms with Crippen molar-refractivity contribution in [2.45, 2.75) is 6.10 Å². The predicted molar refractivity (Wildman–Crippen MR) is 38.6 cm³/mol. The van der Waals surface area contributed by atoms with Crippen molar-refractivity contribution in [1.29, 1.82) is 0 Å². The van der Waals surface area contributed by atoms with E-state index in [2.05, 4.69) is 6.58 Å². The number of hydrogen-bond donors (Lipinski definition) is 1. The molecule has 0 atom stereocenters. The molecular weight excluding hydrogens is 130 g/mol. The molecular formula is C7H13NO2. The van der Waals surface area contributed by atoms with E-state index < -0.39 is 0 Å². The minimum Gasteiger partial charge on any atom is -0.389 e. The van der Waals surface area contributed by atoms with E-state index in [4.69, 9.17) is 9.84 Å². The molecule has 1 N–H and O–H groups in total. The number of methoxy groups -OCH3 is 1. The molecule has 0 bridgehead atoms. The van der Waals surface area contributed by atoms with Crippen LogP contribution in [0.5, 0.6) is 0 Å². The van der Waals surface area contributed by atoms with Gasteiger partial charge in [0, 0.05) is 25.9 Å². The summed E-state index contributed by atoms with van der Waals surface area (Å²) in [6, 6.07) is 0. The van der Waals surface area contributed by atoms with Crippen molar-refractivity contribution >= 4 is 0 Å². The van der Waals surface area contributed by atoms with Crippen LogP contribution < -0.4 is 0 Å². The van der Waals surface area contributed by atoms with E-state index in [1.807, 2.05) is 4.90 Å². The quantitative estimate of drug-likeness (QED) is 0.595. The summed E-state index contributed by atoms with van der Waals surface area (Å²) < 4.78 is 4.87. The Bertz CT molecular complexity index is 130. The fourth-order valence-corrected chi connectivity index (χ4v) is 0.971. The lowest BCUT2D eigenvalue weighted by molar-refractivity contribution is 0.0154. The van der Waals surface area contributed by atoms with Gasteiger partial charge in [0.1, 0.15) is 0 Å². The Kier molecular flexibility index (Phi) is 2.29. The average molecular weight is 143 g/mol. The lowest BCUT2D eigenvalue weighted by Gasteiger charge is -2.38. The number of aliphatic hydroxyl groups is 1. The Morgan fingerprint density at radius 2 is 2.40 bits per heavy atom. The van der Waals surface area contributed by atoms with E-state index in [1.54, 1.807) is 7.11 Å². The van der Waals surface area contributed by atoms with Crippen LogP contribution in [0.15, 0.2) is 12.3 Å². The minimum atomic E-state index is -0.159. The van der Waals surface area contributed by atoms with Crippen LogP contribution in [0, 0.1) is 0 Å². The molecule has 0 aromatic carbocycles. The summed E-state index contributed by atoms with van der Waals surface area (Å²) in [5.41, 5.74) is 0.952. The van der Waals surface area contributed by atoms with Crippen LogP contribution in [0.2, 0.25) is 0 Å². The van der Waals surface area contributed by atoms with Crippen LogP contribution in [0.25, 0.3) is 0 Å². The van der Waals surface area contributed by atoms with Crippen LogP contribution in [0.4, 0.5) is 0 Å². The predicted octanol–water partition coefficient (Wildman–Crippen LogP) is -0.177. The first-order valence-corrected chi connectivity index (χ1v) is 3.33. The first-order valence-electron chi connectivity index (χ1n) is 3.33. The summed E-state index contributed by atoms with van der Waals surface area (Å²) >= 11 is 0. The van der Waals surface area contributed by atoms with Crippen molar-refractivity contribution in [2.24, 2.45) is 0 Å². The van der Waals surface area contributed by atoms with Gasteiger partial charge in [0.05, 0.1) is 12.7 Å². The number of hydrogen-bond acceptors (Lipinski definition) is 3. The minimum absolute atomic E-state index is 0.159. The smallest absolute Gasteiger partial charge is 0.0889 e. The van der Waals surface area contributed by atoms with Gasteiger partial charge in [-0.2, -0.15) is 0 Å². The molecule has 0 aromatic rings. The third kappa shape index (κ3) is 1.49. The van der Waals surface area contributed by atoms with Crippen LogP contribution in [-0.2, 0) is 4.74 Å². The van der Waals surface area contributed by atoms with Crippen molar-refractivity contribution < 1.29 is 9.84 Å². The summed E-state index contributed by atoms with van der Waals surface area (Å²) in [6.07, 6.45) is -0.159. The zero-order chi connectivity index (χ0) is 7.56. The lowest BCUT2D eigenvalue weighted by atomic mass is 10.1. The average Bonchev–Trinajstić information content (AvgIpc) is 1.82. The number of aliphatic hydroxyl groups excluding tert-OH is 1. The SMILES string of the molecule is C=C(COC)N1CC(O)C1.